The van der Waals surface area contributed by atoms with Crippen LogP contribution < -0.4 is 20.3 Å². The zero-order valence-electron chi connectivity index (χ0n) is 16.7. The van der Waals surface area contributed by atoms with Gasteiger partial charge in [-0.15, -0.1) is 11.3 Å². The largest absolute Gasteiger partial charge is 0.497 e. The molecule has 2 atom stereocenters. The molecule has 3 heterocycles. The summed E-state index contributed by atoms with van der Waals surface area (Å²) in [5, 5.41) is 7.68. The lowest BCUT2D eigenvalue weighted by Crippen LogP contribution is -2.45. The number of hydrogen-bond acceptors (Lipinski definition) is 5. The molecule has 2 aliphatic heterocycles. The molecule has 30 heavy (non-hydrogen) atoms. The second kappa shape index (κ2) is 8.74. The minimum atomic E-state index is -0.618. The van der Waals surface area contributed by atoms with Gasteiger partial charge in [0.2, 0.25) is 11.8 Å². The lowest BCUT2D eigenvalue weighted by molar-refractivity contribution is -0.132. The number of methoxy groups -OCH3 is 1. The van der Waals surface area contributed by atoms with Crippen molar-refractivity contribution in [3.63, 3.8) is 0 Å². The Labute approximate surface area is 178 Å². The van der Waals surface area contributed by atoms with Crippen molar-refractivity contribution in [1.82, 2.24) is 15.5 Å². The summed E-state index contributed by atoms with van der Waals surface area (Å²) in [6.07, 6.45) is 0.630. The van der Waals surface area contributed by atoms with Gasteiger partial charge in [0.1, 0.15) is 11.8 Å². The van der Waals surface area contributed by atoms with Crippen LogP contribution in [0.2, 0.25) is 0 Å². The van der Waals surface area contributed by atoms with Gasteiger partial charge in [-0.2, -0.15) is 0 Å². The van der Waals surface area contributed by atoms with Gasteiger partial charge < -0.3 is 20.3 Å². The number of nitrogens with one attached hydrogen (secondary N) is 2. The van der Waals surface area contributed by atoms with Gasteiger partial charge >= 0.3 is 6.03 Å². The predicted molar refractivity (Wildman–Crippen MR) is 114 cm³/mol. The molecule has 1 aromatic heterocycles. The molecule has 2 saturated heterocycles. The lowest BCUT2D eigenvalue weighted by Gasteiger charge is -2.20. The molecule has 4 amide bonds. The Kier molecular flexibility index (Phi) is 5.89. The van der Waals surface area contributed by atoms with E-state index in [1.54, 1.807) is 52.5 Å². The van der Waals surface area contributed by atoms with Crippen LogP contribution in [0.25, 0.3) is 0 Å². The van der Waals surface area contributed by atoms with Crippen LogP contribution in [0.5, 0.6) is 5.75 Å². The highest BCUT2D eigenvalue weighted by atomic mass is 32.1. The number of likely N-dealkylation sites (tertiary alicyclic amines) is 1. The third-order valence-electron chi connectivity index (χ3n) is 5.48. The number of nitrogens with zero attached hydrogens (tertiary/aromatic N) is 2. The van der Waals surface area contributed by atoms with Crippen molar-refractivity contribution in [3.05, 3.63) is 46.7 Å². The second-order valence-corrected chi connectivity index (χ2v) is 8.41. The molecule has 158 valence electrons. The van der Waals surface area contributed by atoms with Gasteiger partial charge in [0, 0.05) is 23.7 Å². The van der Waals surface area contributed by atoms with E-state index in [1.807, 2.05) is 17.5 Å². The molecule has 0 radical (unpaired) electrons. The summed E-state index contributed by atoms with van der Waals surface area (Å²) in [7, 11) is 1.58. The van der Waals surface area contributed by atoms with E-state index >= 15 is 0 Å². The van der Waals surface area contributed by atoms with Crippen molar-refractivity contribution in [2.45, 2.75) is 19.0 Å². The molecule has 2 fully saturated rings. The van der Waals surface area contributed by atoms with Gasteiger partial charge in [0.15, 0.2) is 0 Å². The molecule has 2 aromatic rings. The Morgan fingerprint density at radius 3 is 2.73 bits per heavy atom. The molecule has 2 aliphatic rings. The first-order valence-corrected chi connectivity index (χ1v) is 10.7. The predicted octanol–water partition coefficient (Wildman–Crippen LogP) is 1.82. The summed E-state index contributed by atoms with van der Waals surface area (Å²) in [5.41, 5.74) is 0.704. The Hall–Kier alpha value is -3.07. The molecule has 4 rings (SSSR count). The maximum Gasteiger partial charge on any atom is 0.322 e. The maximum absolute atomic E-state index is 12.9. The van der Waals surface area contributed by atoms with Crippen molar-refractivity contribution in [3.8, 4) is 5.75 Å². The quantitative estimate of drug-likeness (QED) is 0.734. The van der Waals surface area contributed by atoms with Crippen LogP contribution in [0, 0.1) is 5.92 Å². The second-order valence-electron chi connectivity index (χ2n) is 7.38. The van der Waals surface area contributed by atoms with E-state index in [4.69, 9.17) is 4.74 Å². The number of thiophene rings is 1. The number of benzene rings is 1. The Morgan fingerprint density at radius 2 is 2.03 bits per heavy atom. The smallest absolute Gasteiger partial charge is 0.322 e. The lowest BCUT2D eigenvalue weighted by atomic mass is 10.1. The standard InChI is InChI=1S/C21H24N4O4S/c1-29-16-6-4-15(5-7-16)25-13-18(23-21(25)28)20(27)24-9-8-14(12-24)19(26)22-11-17-3-2-10-30-17/h2-7,10,14,18H,8-9,11-13H2,1H3,(H,22,26)(H,23,28). The highest BCUT2D eigenvalue weighted by molar-refractivity contribution is 7.09. The van der Waals surface area contributed by atoms with Crippen molar-refractivity contribution in [1.29, 1.82) is 0 Å². The molecule has 0 spiro atoms. The molecule has 0 aliphatic carbocycles. The molecule has 9 heteroatoms. The van der Waals surface area contributed by atoms with Crippen LogP contribution in [0.4, 0.5) is 10.5 Å². The average Bonchev–Trinajstić information content (AvgIpc) is 3.52. The average molecular weight is 429 g/mol. The number of anilines is 1. The first kappa shape index (κ1) is 20.2. The van der Waals surface area contributed by atoms with Gasteiger partial charge in [-0.25, -0.2) is 4.79 Å². The van der Waals surface area contributed by atoms with Crippen molar-refractivity contribution < 1.29 is 19.1 Å². The normalized spacial score (nSPS) is 20.9. The van der Waals surface area contributed by atoms with Crippen molar-refractivity contribution in [2.75, 3.05) is 31.6 Å². The number of ether oxygens (including phenoxy) is 1. The number of urea groups is 1. The highest BCUT2D eigenvalue weighted by Gasteiger charge is 2.39. The number of rotatable bonds is 6. The van der Waals surface area contributed by atoms with Gasteiger partial charge in [0.05, 0.1) is 26.1 Å². The number of carbonyl (C=O) groups is 3. The third-order valence-corrected chi connectivity index (χ3v) is 6.35. The van der Waals surface area contributed by atoms with Crippen LogP contribution in [-0.2, 0) is 16.1 Å². The first-order chi connectivity index (χ1) is 14.5. The fourth-order valence-electron chi connectivity index (χ4n) is 3.79. The Balaban J connectivity index is 1.31. The summed E-state index contributed by atoms with van der Waals surface area (Å²) in [5.74, 6) is 0.303. The molecular weight excluding hydrogens is 404 g/mol. The molecule has 8 nitrogen and oxygen atoms in total. The monoisotopic (exact) mass is 428 g/mol. The van der Waals surface area contributed by atoms with Crippen molar-refractivity contribution in [2.24, 2.45) is 5.92 Å². The van der Waals surface area contributed by atoms with E-state index in [0.29, 0.717) is 37.5 Å². The summed E-state index contributed by atoms with van der Waals surface area (Å²) >= 11 is 1.60. The Morgan fingerprint density at radius 1 is 1.23 bits per heavy atom. The van der Waals surface area contributed by atoms with Gasteiger partial charge in [-0.1, -0.05) is 6.07 Å². The van der Waals surface area contributed by atoms with E-state index in [-0.39, 0.29) is 30.3 Å². The number of hydrogen-bond donors (Lipinski definition) is 2. The van der Waals surface area contributed by atoms with E-state index in [9.17, 15) is 14.4 Å². The van der Waals surface area contributed by atoms with E-state index in [0.717, 1.165) is 4.88 Å². The number of carbonyl (C=O) groups excluding carboxylic acids is 3. The van der Waals surface area contributed by atoms with Gasteiger partial charge in [0.25, 0.3) is 0 Å². The zero-order chi connectivity index (χ0) is 21.1. The molecular formula is C21H24N4O4S. The topological polar surface area (TPSA) is 91.0 Å². The van der Waals surface area contributed by atoms with E-state index in [1.165, 1.54) is 0 Å². The van der Waals surface area contributed by atoms with E-state index < -0.39 is 6.04 Å². The van der Waals surface area contributed by atoms with Crippen LogP contribution in [0.1, 0.15) is 11.3 Å². The minimum absolute atomic E-state index is 0.0333. The Bertz CT molecular complexity index is 916. The van der Waals surface area contributed by atoms with Gasteiger partial charge in [-0.3, -0.25) is 14.5 Å². The molecule has 0 bridgehead atoms. The minimum Gasteiger partial charge on any atom is -0.497 e. The van der Waals surface area contributed by atoms with Gasteiger partial charge in [-0.05, 0) is 42.1 Å². The summed E-state index contributed by atoms with van der Waals surface area (Å²) in [6.45, 7) is 1.67. The highest BCUT2D eigenvalue weighted by Crippen LogP contribution is 2.24. The van der Waals surface area contributed by atoms with E-state index in [2.05, 4.69) is 10.6 Å². The van der Waals surface area contributed by atoms with Crippen LogP contribution in [0.3, 0.4) is 0 Å². The summed E-state index contributed by atoms with van der Waals surface area (Å²) in [4.78, 5) is 42.1. The fraction of sp³-hybridized carbons (Fsp3) is 0.381. The van der Waals surface area contributed by atoms with Crippen LogP contribution in [0.15, 0.2) is 41.8 Å². The fourth-order valence-corrected chi connectivity index (χ4v) is 4.43. The molecule has 2 N–H and O–H groups in total. The molecule has 0 saturated carbocycles. The molecule has 2 unspecified atom stereocenters. The number of amides is 4. The maximum atomic E-state index is 12.9. The SMILES string of the molecule is COc1ccc(N2CC(C(=O)N3CCC(C(=O)NCc4cccs4)C3)NC2=O)cc1. The first-order valence-electron chi connectivity index (χ1n) is 9.86. The summed E-state index contributed by atoms with van der Waals surface area (Å²) in [6, 6.07) is 10.1. The van der Waals surface area contributed by atoms with Crippen LogP contribution >= 0.6 is 11.3 Å². The van der Waals surface area contributed by atoms with Crippen molar-refractivity contribution >= 4 is 34.9 Å². The molecule has 1 aromatic carbocycles. The van der Waals surface area contributed by atoms with Crippen LogP contribution in [-0.4, -0.2) is 55.5 Å². The summed E-state index contributed by atoms with van der Waals surface area (Å²) < 4.78 is 5.14. The zero-order valence-corrected chi connectivity index (χ0v) is 17.5. The third kappa shape index (κ3) is 4.25.